The van der Waals surface area contributed by atoms with Crippen LogP contribution < -0.4 is 11.2 Å². The minimum absolute atomic E-state index is 0.114. The summed E-state index contributed by atoms with van der Waals surface area (Å²) in [6, 6.07) is -0.176. The second-order valence-electron chi connectivity index (χ2n) is 9.52. The second kappa shape index (κ2) is 8.70. The number of piperidine rings is 1. The van der Waals surface area contributed by atoms with Crippen LogP contribution in [0.3, 0.4) is 0 Å². The first-order valence-corrected chi connectivity index (χ1v) is 11.8. The summed E-state index contributed by atoms with van der Waals surface area (Å²) in [5.74, 6) is -3.24. The van der Waals surface area contributed by atoms with Crippen molar-refractivity contribution >= 4 is 22.4 Å². The molecule has 3 fully saturated rings. The van der Waals surface area contributed by atoms with Crippen molar-refractivity contribution in [2.75, 3.05) is 38.5 Å². The summed E-state index contributed by atoms with van der Waals surface area (Å²) in [6.07, 6.45) is 6.14. The Bertz CT molecular complexity index is 1240. The number of halogens is 2. The van der Waals surface area contributed by atoms with Crippen LogP contribution in [0.1, 0.15) is 66.4 Å². The molecule has 1 aliphatic carbocycles. The third kappa shape index (κ3) is 3.86. The topological polar surface area (TPSA) is 115 Å². The van der Waals surface area contributed by atoms with E-state index in [1.165, 1.54) is 10.8 Å². The highest BCUT2D eigenvalue weighted by Crippen LogP contribution is 2.42. The average Bonchev–Trinajstić information content (AvgIpc) is 3.49. The molecule has 1 unspecified atom stereocenters. The largest absolute Gasteiger partial charge is 0.396 e. The van der Waals surface area contributed by atoms with Crippen molar-refractivity contribution in [2.24, 2.45) is 0 Å². The zero-order chi connectivity index (χ0) is 24.1. The Kier molecular flexibility index (Phi) is 5.85. The van der Waals surface area contributed by atoms with Crippen molar-refractivity contribution in [3.05, 3.63) is 49.3 Å². The van der Waals surface area contributed by atoms with Crippen molar-refractivity contribution in [1.29, 1.82) is 0 Å². The lowest BCUT2D eigenvalue weighted by Gasteiger charge is -2.39. The van der Waals surface area contributed by atoms with Crippen molar-refractivity contribution in [3.63, 3.8) is 0 Å². The Hall–Kier alpha value is -2.92. The van der Waals surface area contributed by atoms with Gasteiger partial charge in [0, 0.05) is 54.8 Å². The van der Waals surface area contributed by atoms with Crippen LogP contribution in [-0.2, 0) is 0 Å². The number of fused-ring (bicyclic) bond motifs is 1. The summed E-state index contributed by atoms with van der Waals surface area (Å²) >= 11 is 0. The normalized spacial score (nSPS) is 21.9. The third-order valence-corrected chi connectivity index (χ3v) is 7.23. The summed E-state index contributed by atoms with van der Waals surface area (Å²) in [6.45, 7) is 2.07. The van der Waals surface area contributed by atoms with E-state index < -0.39 is 56.9 Å². The zero-order valence-corrected chi connectivity index (χ0v) is 18.8. The number of anilines is 1. The summed E-state index contributed by atoms with van der Waals surface area (Å²) in [7, 11) is 0. The fourth-order valence-corrected chi connectivity index (χ4v) is 5.42. The molecule has 2 saturated heterocycles. The molecule has 9 nitrogen and oxygen atoms in total. The van der Waals surface area contributed by atoms with Gasteiger partial charge < -0.3 is 10.3 Å². The number of rotatable bonds is 6. The third-order valence-electron chi connectivity index (χ3n) is 7.23. The molecule has 1 aromatic carbocycles. The van der Waals surface area contributed by atoms with Gasteiger partial charge in [-0.1, -0.05) is 0 Å². The Morgan fingerprint density at radius 3 is 2.41 bits per heavy atom. The molecule has 2 aromatic rings. The molecule has 1 aromatic heterocycles. The van der Waals surface area contributed by atoms with Gasteiger partial charge in [-0.05, 0) is 38.5 Å². The van der Waals surface area contributed by atoms with Gasteiger partial charge in [-0.25, -0.2) is 18.8 Å². The fourth-order valence-electron chi connectivity index (χ4n) is 5.42. The number of hydrogen-bond acceptors (Lipinski definition) is 7. The lowest BCUT2D eigenvalue weighted by Crippen LogP contribution is -2.46. The van der Waals surface area contributed by atoms with Gasteiger partial charge in [0.05, 0.1) is 22.2 Å². The van der Waals surface area contributed by atoms with E-state index >= 15 is 8.78 Å². The van der Waals surface area contributed by atoms with Gasteiger partial charge in [-0.3, -0.25) is 19.7 Å². The molecule has 3 aliphatic rings. The maximum absolute atomic E-state index is 16.1. The Morgan fingerprint density at radius 2 is 1.76 bits per heavy atom. The number of hydrogen-bond donors (Lipinski definition) is 1. The van der Waals surface area contributed by atoms with E-state index in [2.05, 4.69) is 10.0 Å². The number of nitrogens with two attached hydrogens (primary N) is 1. The Labute approximate surface area is 194 Å². The number of nitrogen functional groups attached to an aromatic ring is 1. The number of hydrazine groups is 1. The van der Waals surface area contributed by atoms with Gasteiger partial charge >= 0.3 is 0 Å². The van der Waals surface area contributed by atoms with Crippen LogP contribution in [0.15, 0.2) is 11.0 Å². The first-order chi connectivity index (χ1) is 16.3. The predicted molar refractivity (Wildman–Crippen MR) is 121 cm³/mol. The van der Waals surface area contributed by atoms with Crippen molar-refractivity contribution in [1.82, 2.24) is 14.6 Å². The van der Waals surface area contributed by atoms with Gasteiger partial charge in [-0.15, -0.1) is 0 Å². The summed E-state index contributed by atoms with van der Waals surface area (Å²) < 4.78 is 33.2. The number of pyridine rings is 1. The SMILES string of the molecule is Nc1c(F)c(C2CCCN(N3CCCC3)C2)c(F)c2c1c(=O)c(C(=O)C[N+](=O)[O-])cn2C1CC1. The van der Waals surface area contributed by atoms with Crippen LogP contribution in [-0.4, -0.2) is 58.0 Å². The average molecular weight is 475 g/mol. The van der Waals surface area contributed by atoms with E-state index in [4.69, 9.17) is 5.73 Å². The number of aromatic nitrogens is 1. The van der Waals surface area contributed by atoms with Crippen molar-refractivity contribution < 1.29 is 18.5 Å². The van der Waals surface area contributed by atoms with E-state index in [1.54, 1.807) is 0 Å². The van der Waals surface area contributed by atoms with Gasteiger partial charge in [-0.2, -0.15) is 0 Å². The standard InChI is InChI=1S/C23H27F2N5O4/c24-19-17(13-4-3-9-28(10-13)27-7-1-2-8-27)20(25)22-18(21(19)26)23(32)15(16(31)12-30(33)34)11-29(22)14-5-6-14/h11,13-14H,1-10,12,26H2. The summed E-state index contributed by atoms with van der Waals surface area (Å²) in [4.78, 5) is 35.5. The number of benzene rings is 1. The maximum Gasteiger partial charge on any atom is 0.266 e. The molecular formula is C23H27F2N5O4. The number of ketones is 1. The molecule has 1 atom stereocenters. The molecule has 2 N–H and O–H groups in total. The molecule has 11 heteroatoms. The fraction of sp³-hybridized carbons (Fsp3) is 0.565. The van der Waals surface area contributed by atoms with Crippen LogP contribution in [0.25, 0.3) is 10.9 Å². The van der Waals surface area contributed by atoms with Crippen LogP contribution in [0.2, 0.25) is 0 Å². The Morgan fingerprint density at radius 1 is 1.09 bits per heavy atom. The zero-order valence-electron chi connectivity index (χ0n) is 18.8. The van der Waals surface area contributed by atoms with Crippen molar-refractivity contribution in [2.45, 2.75) is 50.5 Å². The lowest BCUT2D eigenvalue weighted by molar-refractivity contribution is -0.465. The molecule has 34 heavy (non-hydrogen) atoms. The molecule has 0 radical (unpaired) electrons. The molecule has 0 bridgehead atoms. The van der Waals surface area contributed by atoms with Gasteiger partial charge in [0.15, 0.2) is 11.6 Å². The van der Waals surface area contributed by atoms with E-state index in [-0.39, 0.29) is 17.1 Å². The number of nitro groups is 1. The number of carbonyl (C=O) groups is 1. The van der Waals surface area contributed by atoms with Crippen LogP contribution in [0.5, 0.6) is 0 Å². The highest BCUT2D eigenvalue weighted by atomic mass is 19.1. The summed E-state index contributed by atoms with van der Waals surface area (Å²) in [5, 5.41) is 14.8. The number of nitrogens with zero attached hydrogens (tertiary/aromatic N) is 4. The van der Waals surface area contributed by atoms with E-state index in [0.29, 0.717) is 25.8 Å². The summed E-state index contributed by atoms with van der Waals surface area (Å²) in [5.41, 5.74) is 3.92. The monoisotopic (exact) mass is 475 g/mol. The van der Waals surface area contributed by atoms with Crippen LogP contribution in [0.4, 0.5) is 14.5 Å². The van der Waals surface area contributed by atoms with Gasteiger partial charge in [0.2, 0.25) is 11.2 Å². The minimum atomic E-state index is -1.08. The van der Waals surface area contributed by atoms with E-state index in [1.807, 2.05) is 0 Å². The first-order valence-electron chi connectivity index (χ1n) is 11.8. The lowest BCUT2D eigenvalue weighted by atomic mass is 9.88. The molecule has 182 valence electrons. The van der Waals surface area contributed by atoms with Crippen LogP contribution >= 0.6 is 0 Å². The minimum Gasteiger partial charge on any atom is -0.396 e. The van der Waals surface area contributed by atoms with E-state index in [0.717, 1.165) is 38.9 Å². The number of carbonyl (C=O) groups excluding carboxylic acids is 1. The Balaban J connectivity index is 1.65. The van der Waals surface area contributed by atoms with Crippen LogP contribution in [0, 0.1) is 21.7 Å². The highest BCUT2D eigenvalue weighted by Gasteiger charge is 2.36. The maximum atomic E-state index is 16.1. The molecule has 5 rings (SSSR count). The quantitative estimate of drug-likeness (QED) is 0.296. The van der Waals surface area contributed by atoms with Gasteiger partial charge in [0.25, 0.3) is 6.54 Å². The smallest absolute Gasteiger partial charge is 0.266 e. The highest BCUT2D eigenvalue weighted by molar-refractivity contribution is 6.02. The molecule has 3 heterocycles. The van der Waals surface area contributed by atoms with E-state index in [9.17, 15) is 19.7 Å². The molecule has 2 aliphatic heterocycles. The van der Waals surface area contributed by atoms with Gasteiger partial charge in [0.1, 0.15) is 0 Å². The molecular weight excluding hydrogens is 448 g/mol. The number of Topliss-reactive ketones (excluding diaryl/α,β-unsaturated/α-hetero) is 1. The molecule has 1 saturated carbocycles. The molecule has 0 amide bonds. The van der Waals surface area contributed by atoms with Crippen molar-refractivity contribution in [3.8, 4) is 0 Å². The predicted octanol–water partition coefficient (Wildman–Crippen LogP) is 2.85. The molecule has 0 spiro atoms. The first kappa shape index (κ1) is 22.9. The second-order valence-corrected chi connectivity index (χ2v) is 9.52.